The first-order valence-electron chi connectivity index (χ1n) is 7.01. The number of nitrogens with zero attached hydrogens (tertiary/aromatic N) is 2. The fourth-order valence-electron chi connectivity index (χ4n) is 3.51. The van der Waals surface area contributed by atoms with E-state index in [-0.39, 0.29) is 12.6 Å². The molecule has 3 heterocycles. The summed E-state index contributed by atoms with van der Waals surface area (Å²) in [6.45, 7) is 0.00471. The number of fused-ring (bicyclic) bond motifs is 2. The molecule has 1 unspecified atom stereocenters. The van der Waals surface area contributed by atoms with E-state index in [1.54, 1.807) is 6.20 Å². The predicted octanol–water partition coefficient (Wildman–Crippen LogP) is 1.34. The lowest BCUT2D eigenvalue weighted by Gasteiger charge is -2.39. The summed E-state index contributed by atoms with van der Waals surface area (Å²) in [4.78, 5) is 17.5. The van der Waals surface area contributed by atoms with Crippen LogP contribution in [-0.2, 0) is 6.61 Å². The Morgan fingerprint density at radius 1 is 1.35 bits per heavy atom. The van der Waals surface area contributed by atoms with E-state index >= 15 is 0 Å². The van der Waals surface area contributed by atoms with Gasteiger partial charge in [0.2, 0.25) is 0 Å². The lowest BCUT2D eigenvalue weighted by molar-refractivity contribution is 0.185. The number of rotatable bonds is 3. The van der Waals surface area contributed by atoms with Crippen molar-refractivity contribution in [2.24, 2.45) is 0 Å². The van der Waals surface area contributed by atoms with Crippen LogP contribution >= 0.6 is 0 Å². The van der Waals surface area contributed by atoms with Crippen molar-refractivity contribution in [2.45, 2.75) is 50.4 Å². The van der Waals surface area contributed by atoms with E-state index < -0.39 is 6.09 Å². The van der Waals surface area contributed by atoms with Gasteiger partial charge in [0.1, 0.15) is 5.82 Å². The van der Waals surface area contributed by atoms with Gasteiger partial charge in [0.25, 0.3) is 0 Å². The summed E-state index contributed by atoms with van der Waals surface area (Å²) in [5, 5.41) is 20.5. The molecule has 2 aliphatic rings. The molecule has 0 radical (unpaired) electrons. The molecule has 6 nitrogen and oxygen atoms in total. The smallest absolute Gasteiger partial charge is 0.404 e. The Hall–Kier alpha value is -1.82. The van der Waals surface area contributed by atoms with Crippen LogP contribution in [0.3, 0.4) is 0 Å². The lowest BCUT2D eigenvalue weighted by Crippen LogP contribution is -2.50. The van der Waals surface area contributed by atoms with Gasteiger partial charge in [-0.2, -0.15) is 0 Å². The highest BCUT2D eigenvalue weighted by Crippen LogP contribution is 2.38. The molecule has 108 valence electrons. The van der Waals surface area contributed by atoms with E-state index in [2.05, 4.69) is 15.2 Å². The number of hydrogen-bond acceptors (Lipinski definition) is 4. The number of carbonyl (C=O) groups is 1. The zero-order valence-electron chi connectivity index (χ0n) is 11.2. The van der Waals surface area contributed by atoms with Gasteiger partial charge in [-0.1, -0.05) is 6.07 Å². The molecule has 0 saturated carbocycles. The van der Waals surface area contributed by atoms with Gasteiger partial charge in [-0.3, -0.25) is 0 Å². The third kappa shape index (κ3) is 2.43. The first-order valence-corrected chi connectivity index (χ1v) is 7.01. The van der Waals surface area contributed by atoms with Crippen molar-refractivity contribution in [3.63, 3.8) is 0 Å². The quantitative estimate of drug-likeness (QED) is 0.776. The normalized spacial score (nSPS) is 28.4. The number of nitrogens with one attached hydrogen (secondary N) is 1. The van der Waals surface area contributed by atoms with E-state index in [1.807, 2.05) is 12.1 Å². The number of aromatic nitrogens is 1. The van der Waals surface area contributed by atoms with E-state index in [9.17, 15) is 4.79 Å². The number of aliphatic hydroxyl groups is 1. The number of pyridine rings is 1. The molecule has 1 aromatic heterocycles. The van der Waals surface area contributed by atoms with Crippen molar-refractivity contribution in [2.75, 3.05) is 4.90 Å². The minimum atomic E-state index is -0.937. The third-order valence-electron chi connectivity index (χ3n) is 4.32. The molecule has 0 aromatic carbocycles. The number of aliphatic hydroxyl groups excluding tert-OH is 1. The van der Waals surface area contributed by atoms with Crippen molar-refractivity contribution in [1.29, 1.82) is 0 Å². The zero-order chi connectivity index (χ0) is 14.1. The number of piperidine rings is 1. The van der Waals surface area contributed by atoms with Gasteiger partial charge in [0.15, 0.2) is 0 Å². The Morgan fingerprint density at radius 2 is 2.05 bits per heavy atom. The number of carboxylic acid groups (broad SMARTS) is 1. The fraction of sp³-hybridized carbons (Fsp3) is 0.571. The molecule has 3 rings (SSSR count). The van der Waals surface area contributed by atoms with Gasteiger partial charge in [0.05, 0.1) is 6.61 Å². The molecule has 20 heavy (non-hydrogen) atoms. The van der Waals surface area contributed by atoms with Crippen LogP contribution < -0.4 is 10.2 Å². The largest absolute Gasteiger partial charge is 0.465 e. The zero-order valence-corrected chi connectivity index (χ0v) is 11.2. The van der Waals surface area contributed by atoms with Crippen molar-refractivity contribution in [3.8, 4) is 0 Å². The molecule has 2 fully saturated rings. The van der Waals surface area contributed by atoms with Crippen LogP contribution in [0.1, 0.15) is 31.2 Å². The number of anilines is 1. The summed E-state index contributed by atoms with van der Waals surface area (Å²) < 4.78 is 0. The summed E-state index contributed by atoms with van der Waals surface area (Å²) in [6, 6.07) is 4.61. The summed E-state index contributed by atoms with van der Waals surface area (Å²) >= 11 is 0. The van der Waals surface area contributed by atoms with Gasteiger partial charge in [-0.05, 0) is 37.3 Å². The van der Waals surface area contributed by atoms with Crippen molar-refractivity contribution in [1.82, 2.24) is 10.3 Å². The van der Waals surface area contributed by atoms with Gasteiger partial charge in [0, 0.05) is 24.3 Å². The second-order valence-corrected chi connectivity index (χ2v) is 5.59. The molecule has 3 atom stereocenters. The SMILES string of the molecule is O=C(O)NC1C[C@H]2CC[C@@H](C1)N2c1ccc(CO)cn1. The Balaban J connectivity index is 1.74. The van der Waals surface area contributed by atoms with Crippen molar-refractivity contribution in [3.05, 3.63) is 23.9 Å². The van der Waals surface area contributed by atoms with Crippen LogP contribution in [0.4, 0.5) is 10.6 Å². The standard InChI is InChI=1S/C14H19N3O3/c18-8-9-1-4-13(15-7-9)17-11-2-3-12(17)6-10(5-11)16-14(19)20/h1,4,7,10-12,16,18H,2-3,5-6,8H2,(H,19,20)/t10?,11-,12+. The second kappa shape index (κ2) is 5.28. The van der Waals surface area contributed by atoms with Crippen LogP contribution in [-0.4, -0.2) is 39.4 Å². The minimum Gasteiger partial charge on any atom is -0.465 e. The summed E-state index contributed by atoms with van der Waals surface area (Å²) in [5.41, 5.74) is 0.809. The van der Waals surface area contributed by atoms with Gasteiger partial charge < -0.3 is 20.4 Å². The van der Waals surface area contributed by atoms with Crippen LogP contribution in [0.25, 0.3) is 0 Å². The molecular formula is C14H19N3O3. The number of hydrogen-bond donors (Lipinski definition) is 3. The van der Waals surface area contributed by atoms with Crippen LogP contribution in [0.2, 0.25) is 0 Å². The average molecular weight is 277 g/mol. The summed E-state index contributed by atoms with van der Waals surface area (Å²) in [5.74, 6) is 0.934. The average Bonchev–Trinajstić information content (AvgIpc) is 2.70. The maximum absolute atomic E-state index is 10.8. The Bertz CT molecular complexity index is 477. The lowest BCUT2D eigenvalue weighted by atomic mass is 9.97. The highest BCUT2D eigenvalue weighted by atomic mass is 16.4. The van der Waals surface area contributed by atoms with Crippen LogP contribution in [0.5, 0.6) is 0 Å². The number of amides is 1. The fourth-order valence-corrected chi connectivity index (χ4v) is 3.51. The molecule has 2 saturated heterocycles. The topological polar surface area (TPSA) is 85.7 Å². The molecule has 0 spiro atoms. The first kappa shape index (κ1) is 13.2. The molecule has 0 aliphatic carbocycles. The molecule has 3 N–H and O–H groups in total. The van der Waals surface area contributed by atoms with E-state index in [0.29, 0.717) is 12.1 Å². The maximum atomic E-state index is 10.8. The Labute approximate surface area is 117 Å². The van der Waals surface area contributed by atoms with Crippen LogP contribution in [0.15, 0.2) is 18.3 Å². The molecule has 1 aromatic rings. The molecule has 1 amide bonds. The van der Waals surface area contributed by atoms with E-state index in [0.717, 1.165) is 37.1 Å². The van der Waals surface area contributed by atoms with Gasteiger partial charge in [-0.25, -0.2) is 9.78 Å². The summed E-state index contributed by atoms with van der Waals surface area (Å²) in [6.07, 6.45) is 4.63. The predicted molar refractivity (Wildman–Crippen MR) is 73.6 cm³/mol. The third-order valence-corrected chi connectivity index (χ3v) is 4.32. The van der Waals surface area contributed by atoms with Crippen molar-refractivity contribution >= 4 is 11.9 Å². The molecule has 2 bridgehead atoms. The minimum absolute atomic E-state index is 0.00471. The molecule has 6 heteroatoms. The highest BCUT2D eigenvalue weighted by molar-refractivity contribution is 5.65. The Kier molecular flexibility index (Phi) is 3.48. The molecule has 2 aliphatic heterocycles. The van der Waals surface area contributed by atoms with Gasteiger partial charge >= 0.3 is 6.09 Å². The maximum Gasteiger partial charge on any atom is 0.404 e. The summed E-state index contributed by atoms with van der Waals surface area (Å²) in [7, 11) is 0. The van der Waals surface area contributed by atoms with Gasteiger partial charge in [-0.15, -0.1) is 0 Å². The first-order chi connectivity index (χ1) is 9.67. The second-order valence-electron chi connectivity index (χ2n) is 5.59. The van der Waals surface area contributed by atoms with E-state index in [4.69, 9.17) is 10.2 Å². The monoisotopic (exact) mass is 277 g/mol. The van der Waals surface area contributed by atoms with Crippen LogP contribution in [0, 0.1) is 0 Å². The van der Waals surface area contributed by atoms with Crippen molar-refractivity contribution < 1.29 is 15.0 Å². The Morgan fingerprint density at radius 3 is 2.55 bits per heavy atom. The highest BCUT2D eigenvalue weighted by Gasteiger charge is 2.41. The molecular weight excluding hydrogens is 258 g/mol. The van der Waals surface area contributed by atoms with E-state index in [1.165, 1.54) is 0 Å².